The van der Waals surface area contributed by atoms with Crippen LogP contribution in [0.15, 0.2) is 12.3 Å². The molecule has 0 atom stereocenters. The van der Waals surface area contributed by atoms with Crippen LogP contribution in [0.5, 0.6) is 17.4 Å². The number of rotatable bonds is 5. The van der Waals surface area contributed by atoms with E-state index in [0.717, 1.165) is 18.6 Å². The van der Waals surface area contributed by atoms with Gasteiger partial charge in [-0.2, -0.15) is 0 Å². The van der Waals surface area contributed by atoms with Crippen LogP contribution >= 0.6 is 0 Å². The maximum absolute atomic E-state index is 5.82. The summed E-state index contributed by atoms with van der Waals surface area (Å²) in [4.78, 5) is 4.33. The van der Waals surface area contributed by atoms with Gasteiger partial charge in [-0.3, -0.25) is 0 Å². The van der Waals surface area contributed by atoms with Gasteiger partial charge in [-0.1, -0.05) is 0 Å². The summed E-state index contributed by atoms with van der Waals surface area (Å²) in [5, 5.41) is 0. The van der Waals surface area contributed by atoms with Crippen molar-refractivity contribution in [3.8, 4) is 17.4 Å². The first kappa shape index (κ1) is 14.0. The predicted octanol–water partition coefficient (Wildman–Crippen LogP) is 3.59. The summed E-state index contributed by atoms with van der Waals surface area (Å²) in [6.45, 7) is 9.93. The van der Waals surface area contributed by atoms with Gasteiger partial charge in [0.25, 0.3) is 5.88 Å². The number of aromatic nitrogens is 1. The molecular formula is C15H23NO3. The molecule has 0 aromatic carbocycles. The third-order valence-electron chi connectivity index (χ3n) is 2.39. The highest BCUT2D eigenvalue weighted by molar-refractivity contribution is 5.40. The minimum absolute atomic E-state index is 0.0697. The average Bonchev–Trinajstić information content (AvgIpc) is 3.03. The summed E-state index contributed by atoms with van der Waals surface area (Å²) in [7, 11) is 0. The fraction of sp³-hybridized carbons (Fsp3) is 0.667. The fourth-order valence-electron chi connectivity index (χ4n) is 1.56. The van der Waals surface area contributed by atoms with Crippen LogP contribution in [0, 0.1) is 0 Å². The monoisotopic (exact) mass is 265 g/mol. The summed E-state index contributed by atoms with van der Waals surface area (Å²) < 4.78 is 17.3. The third kappa shape index (κ3) is 4.62. The van der Waals surface area contributed by atoms with Crippen molar-refractivity contribution in [2.75, 3.05) is 0 Å². The van der Waals surface area contributed by atoms with Crippen molar-refractivity contribution in [1.29, 1.82) is 0 Å². The Morgan fingerprint density at radius 2 is 1.95 bits per heavy atom. The number of hydrogen-bond donors (Lipinski definition) is 0. The Kier molecular flexibility index (Phi) is 3.88. The van der Waals surface area contributed by atoms with E-state index in [9.17, 15) is 0 Å². The highest BCUT2D eigenvalue weighted by Crippen LogP contribution is 2.34. The molecule has 1 fully saturated rings. The van der Waals surface area contributed by atoms with E-state index in [1.165, 1.54) is 0 Å². The summed E-state index contributed by atoms with van der Waals surface area (Å²) in [6, 6.07) is 1.87. The Bertz CT molecular complexity index is 434. The molecule has 0 spiro atoms. The molecule has 1 aliphatic carbocycles. The Balaban J connectivity index is 2.19. The largest absolute Gasteiger partial charge is 0.489 e. The lowest BCUT2D eigenvalue weighted by atomic mass is 10.2. The topological polar surface area (TPSA) is 40.6 Å². The highest BCUT2D eigenvalue weighted by Gasteiger charge is 2.25. The van der Waals surface area contributed by atoms with Gasteiger partial charge in [0, 0.05) is 6.07 Å². The van der Waals surface area contributed by atoms with Gasteiger partial charge in [0.1, 0.15) is 11.4 Å². The second-order valence-corrected chi connectivity index (χ2v) is 6.17. The fourth-order valence-corrected chi connectivity index (χ4v) is 1.56. The molecule has 0 aliphatic heterocycles. The van der Waals surface area contributed by atoms with Crippen LogP contribution in [0.25, 0.3) is 0 Å². The predicted molar refractivity (Wildman–Crippen MR) is 74.0 cm³/mol. The second-order valence-electron chi connectivity index (χ2n) is 6.17. The lowest BCUT2D eigenvalue weighted by molar-refractivity contribution is 0.112. The van der Waals surface area contributed by atoms with Gasteiger partial charge in [0.2, 0.25) is 0 Å². The van der Waals surface area contributed by atoms with E-state index in [2.05, 4.69) is 4.98 Å². The van der Waals surface area contributed by atoms with Gasteiger partial charge in [0.05, 0.1) is 18.4 Å². The molecule has 1 saturated carbocycles. The summed E-state index contributed by atoms with van der Waals surface area (Å²) >= 11 is 0. The highest BCUT2D eigenvalue weighted by atomic mass is 16.5. The van der Waals surface area contributed by atoms with Crippen LogP contribution < -0.4 is 14.2 Å². The molecule has 19 heavy (non-hydrogen) atoms. The maximum atomic E-state index is 5.82. The van der Waals surface area contributed by atoms with E-state index in [-0.39, 0.29) is 11.7 Å². The number of pyridine rings is 1. The smallest absolute Gasteiger partial charge is 0.257 e. The molecule has 1 heterocycles. The number of hydrogen-bond acceptors (Lipinski definition) is 4. The molecule has 1 aromatic heterocycles. The zero-order valence-electron chi connectivity index (χ0n) is 12.4. The zero-order chi connectivity index (χ0) is 14.0. The molecule has 0 radical (unpaired) electrons. The molecular weight excluding hydrogens is 242 g/mol. The summed E-state index contributed by atoms with van der Waals surface area (Å²) in [5.41, 5.74) is -0.305. The Morgan fingerprint density at radius 3 is 2.47 bits per heavy atom. The quantitative estimate of drug-likeness (QED) is 0.815. The Labute approximate surface area is 115 Å². The van der Waals surface area contributed by atoms with Crippen molar-refractivity contribution >= 4 is 0 Å². The molecule has 4 heteroatoms. The molecule has 2 rings (SSSR count). The summed E-state index contributed by atoms with van der Waals surface area (Å²) in [5.74, 6) is 1.91. The lowest BCUT2D eigenvalue weighted by Gasteiger charge is -2.23. The van der Waals surface area contributed by atoms with E-state index >= 15 is 0 Å². The molecule has 0 N–H and O–H groups in total. The average molecular weight is 265 g/mol. The molecule has 0 saturated heterocycles. The van der Waals surface area contributed by atoms with E-state index in [1.807, 2.05) is 40.7 Å². The first-order valence-electron chi connectivity index (χ1n) is 6.86. The van der Waals surface area contributed by atoms with Gasteiger partial charge >= 0.3 is 0 Å². The molecule has 0 unspecified atom stereocenters. The van der Waals surface area contributed by atoms with Crippen molar-refractivity contribution in [3.05, 3.63) is 12.3 Å². The zero-order valence-corrected chi connectivity index (χ0v) is 12.4. The van der Waals surface area contributed by atoms with Crippen LogP contribution in [0.3, 0.4) is 0 Å². The van der Waals surface area contributed by atoms with Gasteiger partial charge in [-0.25, -0.2) is 4.98 Å². The van der Waals surface area contributed by atoms with Crippen molar-refractivity contribution in [3.63, 3.8) is 0 Å². The molecule has 0 amide bonds. The van der Waals surface area contributed by atoms with Gasteiger partial charge in [-0.15, -0.1) is 0 Å². The maximum Gasteiger partial charge on any atom is 0.257 e. The van der Waals surface area contributed by atoms with E-state index < -0.39 is 0 Å². The molecule has 106 valence electrons. The van der Waals surface area contributed by atoms with E-state index in [0.29, 0.717) is 17.7 Å². The van der Waals surface area contributed by atoms with Crippen LogP contribution in [-0.2, 0) is 0 Å². The third-order valence-corrected chi connectivity index (χ3v) is 2.39. The van der Waals surface area contributed by atoms with Crippen LogP contribution in [-0.4, -0.2) is 22.8 Å². The van der Waals surface area contributed by atoms with E-state index in [4.69, 9.17) is 14.2 Å². The van der Waals surface area contributed by atoms with Crippen LogP contribution in [0.4, 0.5) is 0 Å². The second kappa shape index (κ2) is 5.27. The van der Waals surface area contributed by atoms with Crippen molar-refractivity contribution in [2.45, 2.75) is 65.3 Å². The molecule has 4 nitrogen and oxygen atoms in total. The first-order valence-corrected chi connectivity index (χ1v) is 6.86. The lowest BCUT2D eigenvalue weighted by Crippen LogP contribution is -2.24. The van der Waals surface area contributed by atoms with Crippen LogP contribution in [0.2, 0.25) is 0 Å². The first-order chi connectivity index (χ1) is 8.83. The standard InChI is InChI=1S/C15H23NO3/c1-10(2)17-13-8-12(18-11-6-7-11)9-16-14(13)19-15(3,4)5/h8-11H,6-7H2,1-5H3. The van der Waals surface area contributed by atoms with Crippen molar-refractivity contribution < 1.29 is 14.2 Å². The van der Waals surface area contributed by atoms with Crippen molar-refractivity contribution in [2.24, 2.45) is 0 Å². The Morgan fingerprint density at radius 1 is 1.26 bits per heavy atom. The van der Waals surface area contributed by atoms with E-state index in [1.54, 1.807) is 6.20 Å². The SMILES string of the molecule is CC(C)Oc1cc(OC2CC2)cnc1OC(C)(C)C. The normalized spacial score (nSPS) is 15.5. The Hall–Kier alpha value is -1.45. The summed E-state index contributed by atoms with van der Waals surface area (Å²) in [6.07, 6.45) is 4.37. The molecule has 0 bridgehead atoms. The minimum atomic E-state index is -0.305. The minimum Gasteiger partial charge on any atom is -0.489 e. The van der Waals surface area contributed by atoms with Gasteiger partial charge < -0.3 is 14.2 Å². The van der Waals surface area contributed by atoms with Gasteiger partial charge in [0.15, 0.2) is 5.75 Å². The number of ether oxygens (including phenoxy) is 3. The van der Waals surface area contributed by atoms with Crippen LogP contribution in [0.1, 0.15) is 47.5 Å². The van der Waals surface area contributed by atoms with Crippen molar-refractivity contribution in [1.82, 2.24) is 4.98 Å². The number of nitrogens with zero attached hydrogens (tertiary/aromatic N) is 1. The molecule has 1 aliphatic rings. The van der Waals surface area contributed by atoms with Gasteiger partial charge in [-0.05, 0) is 47.5 Å². The molecule has 1 aromatic rings.